The first-order valence-electron chi connectivity index (χ1n) is 8.40. The molecule has 0 spiro atoms. The van der Waals surface area contributed by atoms with Gasteiger partial charge in [0.05, 0.1) is 0 Å². The van der Waals surface area contributed by atoms with Gasteiger partial charge in [-0.2, -0.15) is 0 Å². The molecule has 1 fully saturated rings. The lowest BCUT2D eigenvalue weighted by Gasteiger charge is -2.27. The standard InChI is InChI=1S/C19H29Br/c1-5-14-11-15(6-2)18(16(7-3)12-14)19(20)17-10-8-9-13(17)4/h11-13,17,19H,5-10H2,1-4H3. The van der Waals surface area contributed by atoms with Gasteiger partial charge < -0.3 is 0 Å². The molecule has 0 aliphatic heterocycles. The number of aryl methyl sites for hydroxylation is 3. The Labute approximate surface area is 133 Å². The number of rotatable bonds is 5. The van der Waals surface area contributed by atoms with E-state index in [1.165, 1.54) is 24.8 Å². The number of halogens is 1. The van der Waals surface area contributed by atoms with Crippen LogP contribution in [0.2, 0.25) is 0 Å². The molecule has 3 unspecified atom stereocenters. The van der Waals surface area contributed by atoms with E-state index in [0.717, 1.165) is 31.1 Å². The van der Waals surface area contributed by atoms with Crippen molar-refractivity contribution in [2.75, 3.05) is 0 Å². The van der Waals surface area contributed by atoms with E-state index >= 15 is 0 Å². The maximum absolute atomic E-state index is 4.08. The van der Waals surface area contributed by atoms with Gasteiger partial charge in [0.2, 0.25) is 0 Å². The smallest absolute Gasteiger partial charge is 0.0431 e. The number of benzene rings is 1. The van der Waals surface area contributed by atoms with Crippen LogP contribution in [0.15, 0.2) is 12.1 Å². The van der Waals surface area contributed by atoms with Crippen molar-refractivity contribution < 1.29 is 0 Å². The van der Waals surface area contributed by atoms with Gasteiger partial charge in [-0.05, 0) is 59.8 Å². The summed E-state index contributed by atoms with van der Waals surface area (Å²) in [5, 5.41) is 0. The average Bonchev–Trinajstić information content (AvgIpc) is 2.91. The summed E-state index contributed by atoms with van der Waals surface area (Å²) < 4.78 is 0. The molecule has 1 aromatic rings. The van der Waals surface area contributed by atoms with Crippen molar-refractivity contribution in [1.29, 1.82) is 0 Å². The van der Waals surface area contributed by atoms with Crippen molar-refractivity contribution in [2.45, 2.75) is 71.0 Å². The molecular formula is C19H29Br. The van der Waals surface area contributed by atoms with Crippen LogP contribution >= 0.6 is 15.9 Å². The van der Waals surface area contributed by atoms with E-state index in [1.807, 2.05) is 0 Å². The second-order valence-electron chi connectivity index (χ2n) is 6.36. The third-order valence-electron chi connectivity index (χ3n) is 5.16. The quantitative estimate of drug-likeness (QED) is 0.557. The van der Waals surface area contributed by atoms with Crippen LogP contribution in [0.4, 0.5) is 0 Å². The normalized spacial score (nSPS) is 24.1. The largest absolute Gasteiger partial charge is 0.0835 e. The highest BCUT2D eigenvalue weighted by Crippen LogP contribution is 2.46. The van der Waals surface area contributed by atoms with Gasteiger partial charge in [-0.15, -0.1) is 0 Å². The summed E-state index contributed by atoms with van der Waals surface area (Å²) in [6.45, 7) is 9.30. The van der Waals surface area contributed by atoms with Gasteiger partial charge in [-0.3, -0.25) is 0 Å². The van der Waals surface area contributed by atoms with Gasteiger partial charge in [0.1, 0.15) is 0 Å². The van der Waals surface area contributed by atoms with E-state index in [2.05, 4.69) is 55.8 Å². The first-order chi connectivity index (χ1) is 9.62. The fourth-order valence-corrected chi connectivity index (χ4v) is 5.19. The van der Waals surface area contributed by atoms with Crippen LogP contribution < -0.4 is 0 Å². The summed E-state index contributed by atoms with van der Waals surface area (Å²) >= 11 is 4.08. The monoisotopic (exact) mass is 336 g/mol. The molecule has 0 N–H and O–H groups in total. The van der Waals surface area contributed by atoms with Crippen molar-refractivity contribution in [3.05, 3.63) is 34.4 Å². The second-order valence-corrected chi connectivity index (χ2v) is 7.35. The van der Waals surface area contributed by atoms with E-state index in [0.29, 0.717) is 4.83 Å². The maximum atomic E-state index is 4.08. The molecule has 20 heavy (non-hydrogen) atoms. The molecule has 1 heteroatoms. The lowest BCUT2D eigenvalue weighted by Crippen LogP contribution is -2.14. The first kappa shape index (κ1) is 16.1. The van der Waals surface area contributed by atoms with Crippen molar-refractivity contribution in [3.8, 4) is 0 Å². The van der Waals surface area contributed by atoms with E-state index in [9.17, 15) is 0 Å². The predicted molar refractivity (Wildman–Crippen MR) is 92.7 cm³/mol. The summed E-state index contributed by atoms with van der Waals surface area (Å²) in [6.07, 6.45) is 7.65. The van der Waals surface area contributed by atoms with Gasteiger partial charge in [0.15, 0.2) is 0 Å². The fraction of sp³-hybridized carbons (Fsp3) is 0.684. The average molecular weight is 337 g/mol. The van der Waals surface area contributed by atoms with Crippen LogP contribution in [0.5, 0.6) is 0 Å². The highest BCUT2D eigenvalue weighted by atomic mass is 79.9. The Hall–Kier alpha value is -0.300. The zero-order valence-electron chi connectivity index (χ0n) is 13.5. The third-order valence-corrected chi connectivity index (χ3v) is 6.30. The zero-order valence-corrected chi connectivity index (χ0v) is 15.1. The number of alkyl halides is 1. The molecule has 1 aromatic carbocycles. The SMILES string of the molecule is CCc1cc(CC)c(C(Br)C2CCCC2C)c(CC)c1. The van der Waals surface area contributed by atoms with Gasteiger partial charge in [-0.1, -0.05) is 68.6 Å². The number of hydrogen-bond donors (Lipinski definition) is 0. The lowest BCUT2D eigenvalue weighted by molar-refractivity contribution is 0.412. The third kappa shape index (κ3) is 3.13. The fourth-order valence-electron chi connectivity index (χ4n) is 3.82. The maximum Gasteiger partial charge on any atom is 0.0431 e. The Morgan fingerprint density at radius 2 is 1.65 bits per heavy atom. The number of hydrogen-bond acceptors (Lipinski definition) is 0. The first-order valence-corrected chi connectivity index (χ1v) is 9.32. The molecule has 1 saturated carbocycles. The van der Waals surface area contributed by atoms with Crippen LogP contribution in [-0.2, 0) is 19.3 Å². The Morgan fingerprint density at radius 1 is 1.05 bits per heavy atom. The van der Waals surface area contributed by atoms with Crippen molar-refractivity contribution in [2.24, 2.45) is 11.8 Å². The molecule has 0 nitrogen and oxygen atoms in total. The molecule has 2 rings (SSSR count). The second kappa shape index (κ2) is 7.11. The van der Waals surface area contributed by atoms with E-state index < -0.39 is 0 Å². The van der Waals surface area contributed by atoms with E-state index in [-0.39, 0.29) is 0 Å². The molecule has 0 heterocycles. The lowest BCUT2D eigenvalue weighted by atomic mass is 9.84. The Balaban J connectivity index is 2.42. The molecule has 1 aliphatic rings. The van der Waals surface area contributed by atoms with Crippen LogP contribution in [0.1, 0.15) is 74.0 Å². The van der Waals surface area contributed by atoms with Gasteiger partial charge in [0.25, 0.3) is 0 Å². The molecule has 112 valence electrons. The molecule has 1 aliphatic carbocycles. The summed E-state index contributed by atoms with van der Waals surface area (Å²) in [5.74, 6) is 1.68. The molecule has 0 bridgehead atoms. The summed E-state index contributed by atoms with van der Waals surface area (Å²) in [4.78, 5) is 0.552. The van der Waals surface area contributed by atoms with Gasteiger partial charge in [0, 0.05) is 4.83 Å². The van der Waals surface area contributed by atoms with Crippen molar-refractivity contribution in [3.63, 3.8) is 0 Å². The molecule has 0 aromatic heterocycles. The minimum absolute atomic E-state index is 0.552. The highest BCUT2D eigenvalue weighted by Gasteiger charge is 2.32. The molecule has 0 amide bonds. The van der Waals surface area contributed by atoms with Crippen LogP contribution in [0.25, 0.3) is 0 Å². The summed E-state index contributed by atoms with van der Waals surface area (Å²) in [7, 11) is 0. The minimum atomic E-state index is 0.552. The molecular weight excluding hydrogens is 308 g/mol. The van der Waals surface area contributed by atoms with Crippen LogP contribution in [0, 0.1) is 11.8 Å². The predicted octanol–water partition coefficient (Wildman–Crippen LogP) is 6.25. The topological polar surface area (TPSA) is 0 Å². The van der Waals surface area contributed by atoms with E-state index in [1.54, 1.807) is 16.7 Å². The van der Waals surface area contributed by atoms with Crippen molar-refractivity contribution >= 4 is 15.9 Å². The summed E-state index contributed by atoms with van der Waals surface area (Å²) in [6, 6.07) is 4.89. The molecule has 0 saturated heterocycles. The summed E-state index contributed by atoms with van der Waals surface area (Å²) in [5.41, 5.74) is 6.26. The van der Waals surface area contributed by atoms with Crippen molar-refractivity contribution in [1.82, 2.24) is 0 Å². The Bertz CT molecular complexity index is 424. The highest BCUT2D eigenvalue weighted by molar-refractivity contribution is 9.09. The van der Waals surface area contributed by atoms with Crippen LogP contribution in [0.3, 0.4) is 0 Å². The van der Waals surface area contributed by atoms with Crippen LogP contribution in [-0.4, -0.2) is 0 Å². The molecule has 0 radical (unpaired) electrons. The zero-order chi connectivity index (χ0) is 14.7. The van der Waals surface area contributed by atoms with Gasteiger partial charge >= 0.3 is 0 Å². The van der Waals surface area contributed by atoms with Gasteiger partial charge in [-0.25, -0.2) is 0 Å². The Morgan fingerprint density at radius 3 is 2.05 bits per heavy atom. The molecule has 3 atom stereocenters. The van der Waals surface area contributed by atoms with E-state index in [4.69, 9.17) is 0 Å². The Kier molecular flexibility index (Phi) is 5.72. The minimum Gasteiger partial charge on any atom is -0.0835 e.